The Morgan fingerprint density at radius 3 is 3.10 bits per heavy atom. The topological polar surface area (TPSA) is 69.0 Å². The van der Waals surface area contributed by atoms with Crippen molar-refractivity contribution in [1.29, 1.82) is 0 Å². The van der Waals surface area contributed by atoms with E-state index in [2.05, 4.69) is 15.5 Å². The zero-order valence-corrected chi connectivity index (χ0v) is 13.8. The van der Waals surface area contributed by atoms with Gasteiger partial charge in [-0.2, -0.15) is 0 Å². The lowest BCUT2D eigenvalue weighted by atomic mass is 9.85. The van der Waals surface area contributed by atoms with Gasteiger partial charge in [0.05, 0.1) is 6.61 Å². The molecular formula is C14H24N4O2S. The molecule has 1 N–H and O–H groups in total. The van der Waals surface area contributed by atoms with E-state index in [4.69, 9.17) is 4.74 Å². The molecule has 2 rings (SSSR count). The lowest BCUT2D eigenvalue weighted by molar-refractivity contribution is -0.152. The summed E-state index contributed by atoms with van der Waals surface area (Å²) in [6, 6.07) is 0. The Kier molecular flexibility index (Phi) is 5.64. The third kappa shape index (κ3) is 3.40. The minimum Gasteiger partial charge on any atom is -0.465 e. The van der Waals surface area contributed by atoms with Gasteiger partial charge in [0, 0.05) is 12.8 Å². The average molecular weight is 312 g/mol. The molecule has 1 aliphatic carbocycles. The van der Waals surface area contributed by atoms with E-state index in [1.54, 1.807) is 18.1 Å². The highest BCUT2D eigenvalue weighted by Gasteiger charge is 2.48. The quantitative estimate of drug-likeness (QED) is 0.609. The molecule has 0 radical (unpaired) electrons. The number of thioether (sulfide) groups is 1. The van der Waals surface area contributed by atoms with Crippen LogP contribution in [0.3, 0.4) is 0 Å². The van der Waals surface area contributed by atoms with Crippen LogP contribution in [0.2, 0.25) is 0 Å². The van der Waals surface area contributed by atoms with Crippen LogP contribution >= 0.6 is 11.8 Å². The molecule has 0 spiro atoms. The summed E-state index contributed by atoms with van der Waals surface area (Å²) in [5.41, 5.74) is -0.504. The molecule has 7 heteroatoms. The van der Waals surface area contributed by atoms with Crippen LogP contribution in [-0.2, 0) is 16.6 Å². The Morgan fingerprint density at radius 2 is 2.48 bits per heavy atom. The number of carbonyl (C=O) groups is 1. The van der Waals surface area contributed by atoms with Gasteiger partial charge in [-0.15, -0.1) is 10.2 Å². The fourth-order valence-electron chi connectivity index (χ4n) is 3.12. The van der Waals surface area contributed by atoms with Gasteiger partial charge in [-0.1, -0.05) is 18.2 Å². The summed E-state index contributed by atoms with van der Waals surface area (Å²) >= 11 is 1.69. The van der Waals surface area contributed by atoms with Gasteiger partial charge >= 0.3 is 5.97 Å². The number of nitrogens with zero attached hydrogens (tertiary/aromatic N) is 3. The second-order valence-electron chi connectivity index (χ2n) is 5.39. The number of likely N-dealkylation sites (N-methyl/N-ethyl adjacent to an activating group) is 1. The molecule has 1 saturated carbocycles. The number of rotatable bonds is 7. The summed E-state index contributed by atoms with van der Waals surface area (Å²) in [5, 5.41) is 12.1. The highest BCUT2D eigenvalue weighted by molar-refractivity contribution is 7.99. The van der Waals surface area contributed by atoms with Crippen molar-refractivity contribution in [3.8, 4) is 0 Å². The Labute approximate surface area is 130 Å². The first-order chi connectivity index (χ1) is 10.1. The Bertz CT molecular complexity index is 479. The van der Waals surface area contributed by atoms with Crippen molar-refractivity contribution >= 4 is 17.7 Å². The second-order valence-corrected chi connectivity index (χ2v) is 6.45. The molecule has 6 nitrogen and oxygen atoms in total. The van der Waals surface area contributed by atoms with E-state index in [1.165, 1.54) is 0 Å². The standard InChI is InChI=1S/C14H24N4O2S/c1-4-20-12(19)14(15-2)8-5-6-11(14)7-9-21-13-17-16-10-18(13)3/h10-11,15H,4-9H2,1-3H3. The molecule has 1 aliphatic rings. The fourth-order valence-corrected chi connectivity index (χ4v) is 4.06. The van der Waals surface area contributed by atoms with Crippen LogP contribution in [0, 0.1) is 5.92 Å². The van der Waals surface area contributed by atoms with Gasteiger partial charge in [-0.05, 0) is 39.2 Å². The summed E-state index contributed by atoms with van der Waals surface area (Å²) in [7, 11) is 3.81. The molecule has 0 amide bonds. The molecule has 1 aromatic heterocycles. The highest BCUT2D eigenvalue weighted by Crippen LogP contribution is 2.39. The smallest absolute Gasteiger partial charge is 0.326 e. The highest BCUT2D eigenvalue weighted by atomic mass is 32.2. The van der Waals surface area contributed by atoms with Crippen LogP contribution < -0.4 is 5.32 Å². The molecule has 118 valence electrons. The maximum Gasteiger partial charge on any atom is 0.326 e. The predicted octanol–water partition coefficient (Wildman–Crippen LogP) is 1.62. The van der Waals surface area contributed by atoms with E-state index in [0.29, 0.717) is 12.5 Å². The van der Waals surface area contributed by atoms with E-state index in [9.17, 15) is 4.79 Å². The third-order valence-corrected chi connectivity index (χ3v) is 5.34. The minimum atomic E-state index is -0.504. The maximum atomic E-state index is 12.3. The molecule has 0 saturated heterocycles. The van der Waals surface area contributed by atoms with Crippen molar-refractivity contribution in [2.24, 2.45) is 13.0 Å². The number of carbonyl (C=O) groups excluding carboxylic acids is 1. The Hall–Kier alpha value is -1.08. The van der Waals surface area contributed by atoms with E-state index < -0.39 is 5.54 Å². The van der Waals surface area contributed by atoms with Crippen molar-refractivity contribution < 1.29 is 9.53 Å². The van der Waals surface area contributed by atoms with Gasteiger partial charge in [-0.3, -0.25) is 4.79 Å². The summed E-state index contributed by atoms with van der Waals surface area (Å²) in [6.45, 7) is 2.29. The van der Waals surface area contributed by atoms with E-state index >= 15 is 0 Å². The van der Waals surface area contributed by atoms with Crippen molar-refractivity contribution in [2.75, 3.05) is 19.4 Å². The zero-order chi connectivity index (χ0) is 15.3. The van der Waals surface area contributed by atoms with E-state index in [-0.39, 0.29) is 5.97 Å². The SMILES string of the molecule is CCOC(=O)C1(NC)CCCC1CCSc1nncn1C. The molecule has 1 aromatic rings. The molecule has 1 fully saturated rings. The molecule has 21 heavy (non-hydrogen) atoms. The van der Waals surface area contributed by atoms with E-state index in [1.807, 2.05) is 25.6 Å². The first-order valence-electron chi connectivity index (χ1n) is 7.47. The number of aryl methyl sites for hydroxylation is 1. The predicted molar refractivity (Wildman–Crippen MR) is 82.1 cm³/mol. The van der Waals surface area contributed by atoms with Crippen molar-refractivity contribution in [3.05, 3.63) is 6.33 Å². The number of nitrogens with one attached hydrogen (secondary N) is 1. The van der Waals surface area contributed by atoms with Gasteiger partial charge in [0.1, 0.15) is 11.9 Å². The molecule has 1 heterocycles. The molecule has 0 bridgehead atoms. The van der Waals surface area contributed by atoms with Crippen LogP contribution in [0.1, 0.15) is 32.6 Å². The zero-order valence-electron chi connectivity index (χ0n) is 13.0. The van der Waals surface area contributed by atoms with Crippen LogP contribution in [-0.4, -0.2) is 45.7 Å². The molecular weight excluding hydrogens is 288 g/mol. The van der Waals surface area contributed by atoms with Gasteiger partial charge in [0.15, 0.2) is 5.16 Å². The number of ether oxygens (including phenoxy) is 1. The summed E-state index contributed by atoms with van der Waals surface area (Å²) in [6.07, 6.45) is 5.67. The summed E-state index contributed by atoms with van der Waals surface area (Å²) in [5.74, 6) is 1.15. The van der Waals surface area contributed by atoms with Crippen LogP contribution in [0.4, 0.5) is 0 Å². The normalized spacial score (nSPS) is 25.2. The first-order valence-corrected chi connectivity index (χ1v) is 8.45. The summed E-state index contributed by atoms with van der Waals surface area (Å²) < 4.78 is 7.20. The lowest BCUT2D eigenvalue weighted by Crippen LogP contribution is -2.54. The van der Waals surface area contributed by atoms with Crippen LogP contribution in [0.15, 0.2) is 11.5 Å². The summed E-state index contributed by atoms with van der Waals surface area (Å²) in [4.78, 5) is 12.3. The maximum absolute atomic E-state index is 12.3. The first kappa shape index (κ1) is 16.3. The van der Waals surface area contributed by atoms with Gasteiger partial charge in [0.25, 0.3) is 0 Å². The molecule has 0 aromatic carbocycles. The monoisotopic (exact) mass is 312 g/mol. The average Bonchev–Trinajstić information content (AvgIpc) is 3.07. The van der Waals surface area contributed by atoms with Crippen LogP contribution in [0.5, 0.6) is 0 Å². The van der Waals surface area contributed by atoms with Crippen molar-refractivity contribution in [1.82, 2.24) is 20.1 Å². The molecule has 2 atom stereocenters. The largest absolute Gasteiger partial charge is 0.465 e. The Balaban J connectivity index is 1.94. The number of aromatic nitrogens is 3. The third-order valence-electron chi connectivity index (χ3n) is 4.27. The Morgan fingerprint density at radius 1 is 1.67 bits per heavy atom. The van der Waals surface area contributed by atoms with E-state index in [0.717, 1.165) is 36.6 Å². The molecule has 0 aliphatic heterocycles. The van der Waals surface area contributed by atoms with Gasteiger partial charge in [0.2, 0.25) is 0 Å². The van der Waals surface area contributed by atoms with Crippen molar-refractivity contribution in [2.45, 2.75) is 43.3 Å². The minimum absolute atomic E-state index is 0.0985. The lowest BCUT2D eigenvalue weighted by Gasteiger charge is -2.32. The number of esters is 1. The van der Waals surface area contributed by atoms with Crippen molar-refractivity contribution in [3.63, 3.8) is 0 Å². The van der Waals surface area contributed by atoms with Gasteiger partial charge in [-0.25, -0.2) is 0 Å². The number of hydrogen-bond donors (Lipinski definition) is 1. The van der Waals surface area contributed by atoms with Gasteiger partial charge < -0.3 is 14.6 Å². The van der Waals surface area contributed by atoms with Crippen LogP contribution in [0.25, 0.3) is 0 Å². The molecule has 2 unspecified atom stereocenters. The number of hydrogen-bond acceptors (Lipinski definition) is 6. The fraction of sp³-hybridized carbons (Fsp3) is 0.786. The second kappa shape index (κ2) is 7.26.